The fourth-order valence-corrected chi connectivity index (χ4v) is 4.03. The lowest BCUT2D eigenvalue weighted by Gasteiger charge is -2.46. The molecular weight excluding hydrogens is 180 g/mol. The number of hydrogen-bond donors (Lipinski definition) is 0. The first-order valence-corrected chi connectivity index (χ1v) is 6.68. The molecule has 2 aliphatic carbocycles. The monoisotopic (exact) mass is 206 g/mol. The largest absolute Gasteiger partial charge is 0.0645 e. The van der Waals surface area contributed by atoms with Gasteiger partial charge in [-0.1, -0.05) is 45.8 Å². The smallest absolute Gasteiger partial charge is 0.0139 e. The van der Waals surface area contributed by atoms with E-state index in [9.17, 15) is 0 Å². The van der Waals surface area contributed by atoms with Gasteiger partial charge in [0, 0.05) is 0 Å². The van der Waals surface area contributed by atoms with Gasteiger partial charge in [0.15, 0.2) is 0 Å². The van der Waals surface area contributed by atoms with Crippen molar-refractivity contribution in [3.63, 3.8) is 0 Å². The zero-order chi connectivity index (χ0) is 11.2. The molecule has 0 aromatic carbocycles. The Kier molecular flexibility index (Phi) is 2.73. The standard InChI is InChI=1S/C15H26/c1-10-6-7-12(3)14-13(10)11(2)8-9-15(14,4)5/h10-12H,6-9H2,1-5H3. The Morgan fingerprint density at radius 3 is 2.00 bits per heavy atom. The number of allylic oxidation sites excluding steroid dienone is 2. The summed E-state index contributed by atoms with van der Waals surface area (Å²) in [4.78, 5) is 0. The van der Waals surface area contributed by atoms with Crippen LogP contribution in [-0.4, -0.2) is 0 Å². The lowest BCUT2D eigenvalue weighted by Crippen LogP contribution is -2.33. The lowest BCUT2D eigenvalue weighted by atomic mass is 9.59. The maximum atomic E-state index is 2.46. The minimum atomic E-state index is 0.482. The third-order valence-electron chi connectivity index (χ3n) is 4.83. The van der Waals surface area contributed by atoms with E-state index in [0.29, 0.717) is 5.41 Å². The first-order chi connectivity index (χ1) is 6.93. The van der Waals surface area contributed by atoms with Crippen molar-refractivity contribution in [2.75, 3.05) is 0 Å². The quantitative estimate of drug-likeness (QED) is 0.499. The van der Waals surface area contributed by atoms with Gasteiger partial charge >= 0.3 is 0 Å². The minimum Gasteiger partial charge on any atom is -0.0645 e. The topological polar surface area (TPSA) is 0 Å². The summed E-state index contributed by atoms with van der Waals surface area (Å²) >= 11 is 0. The van der Waals surface area contributed by atoms with Gasteiger partial charge in [0.2, 0.25) is 0 Å². The molecule has 0 radical (unpaired) electrons. The average molecular weight is 206 g/mol. The predicted molar refractivity (Wildman–Crippen MR) is 66.8 cm³/mol. The van der Waals surface area contributed by atoms with E-state index in [1.54, 1.807) is 0 Å². The number of rotatable bonds is 0. The van der Waals surface area contributed by atoms with Gasteiger partial charge in [-0.05, 0) is 48.9 Å². The molecule has 15 heavy (non-hydrogen) atoms. The molecule has 0 saturated carbocycles. The van der Waals surface area contributed by atoms with Gasteiger partial charge in [-0.25, -0.2) is 0 Å². The van der Waals surface area contributed by atoms with E-state index in [-0.39, 0.29) is 0 Å². The molecule has 0 aromatic heterocycles. The van der Waals surface area contributed by atoms with E-state index in [0.717, 1.165) is 17.8 Å². The van der Waals surface area contributed by atoms with Crippen molar-refractivity contribution in [3.05, 3.63) is 11.1 Å². The van der Waals surface area contributed by atoms with E-state index >= 15 is 0 Å². The van der Waals surface area contributed by atoms with Gasteiger partial charge in [-0.2, -0.15) is 0 Å². The molecule has 2 rings (SSSR count). The molecular formula is C15H26. The fraction of sp³-hybridized carbons (Fsp3) is 0.867. The van der Waals surface area contributed by atoms with E-state index in [2.05, 4.69) is 34.6 Å². The molecule has 3 atom stereocenters. The average Bonchev–Trinajstić information content (AvgIpc) is 2.16. The zero-order valence-corrected chi connectivity index (χ0v) is 11.1. The van der Waals surface area contributed by atoms with Crippen LogP contribution in [0, 0.1) is 23.2 Å². The van der Waals surface area contributed by atoms with Crippen molar-refractivity contribution in [2.45, 2.75) is 60.3 Å². The molecule has 0 saturated heterocycles. The maximum absolute atomic E-state index is 2.46. The van der Waals surface area contributed by atoms with Crippen LogP contribution in [0.15, 0.2) is 11.1 Å². The van der Waals surface area contributed by atoms with Gasteiger partial charge in [-0.15, -0.1) is 0 Å². The van der Waals surface area contributed by atoms with E-state index in [1.807, 2.05) is 11.1 Å². The molecule has 0 bridgehead atoms. The summed E-state index contributed by atoms with van der Waals surface area (Å²) in [5.74, 6) is 2.55. The SMILES string of the molecule is CC1CCC(C)C2=C1C(C)CCC2(C)C. The molecule has 0 nitrogen and oxygen atoms in total. The summed E-state index contributed by atoms with van der Waals surface area (Å²) in [5.41, 5.74) is 4.15. The summed E-state index contributed by atoms with van der Waals surface area (Å²) < 4.78 is 0. The van der Waals surface area contributed by atoms with Gasteiger partial charge in [0.1, 0.15) is 0 Å². The Labute approximate surface area is 95.1 Å². The maximum Gasteiger partial charge on any atom is -0.0139 e. The highest BCUT2D eigenvalue weighted by atomic mass is 14.4. The molecule has 0 aliphatic heterocycles. The van der Waals surface area contributed by atoms with Gasteiger partial charge < -0.3 is 0 Å². The molecule has 0 amide bonds. The van der Waals surface area contributed by atoms with Crippen LogP contribution in [-0.2, 0) is 0 Å². The molecule has 0 N–H and O–H groups in total. The summed E-state index contributed by atoms with van der Waals surface area (Å²) in [6, 6.07) is 0. The van der Waals surface area contributed by atoms with Crippen molar-refractivity contribution in [1.29, 1.82) is 0 Å². The van der Waals surface area contributed by atoms with Crippen LogP contribution in [0.3, 0.4) is 0 Å². The van der Waals surface area contributed by atoms with Crippen molar-refractivity contribution < 1.29 is 0 Å². The van der Waals surface area contributed by atoms with Crippen LogP contribution < -0.4 is 0 Å². The summed E-state index contributed by atoms with van der Waals surface area (Å²) in [6.45, 7) is 12.3. The number of hydrogen-bond acceptors (Lipinski definition) is 0. The fourth-order valence-electron chi connectivity index (χ4n) is 4.03. The molecule has 0 spiro atoms. The van der Waals surface area contributed by atoms with Crippen LogP contribution in [0.2, 0.25) is 0 Å². The minimum absolute atomic E-state index is 0.482. The first-order valence-electron chi connectivity index (χ1n) is 6.68. The van der Waals surface area contributed by atoms with E-state index in [1.165, 1.54) is 25.7 Å². The van der Waals surface area contributed by atoms with E-state index < -0.39 is 0 Å². The Morgan fingerprint density at radius 2 is 1.40 bits per heavy atom. The van der Waals surface area contributed by atoms with Crippen LogP contribution in [0.4, 0.5) is 0 Å². The van der Waals surface area contributed by atoms with Crippen LogP contribution in [0.1, 0.15) is 60.3 Å². The second-order valence-electron chi connectivity index (χ2n) is 6.57. The second kappa shape index (κ2) is 3.64. The molecule has 0 heterocycles. The molecule has 2 aliphatic rings. The Hall–Kier alpha value is -0.260. The molecule has 0 heteroatoms. The van der Waals surface area contributed by atoms with Crippen LogP contribution in [0.5, 0.6) is 0 Å². The van der Waals surface area contributed by atoms with Crippen molar-refractivity contribution in [1.82, 2.24) is 0 Å². The summed E-state index contributed by atoms with van der Waals surface area (Å²) in [7, 11) is 0. The highest BCUT2D eigenvalue weighted by Crippen LogP contribution is 2.52. The summed E-state index contributed by atoms with van der Waals surface area (Å²) in [5, 5.41) is 0. The van der Waals surface area contributed by atoms with Gasteiger partial charge in [-0.3, -0.25) is 0 Å². The Balaban J connectivity index is 2.49. The third-order valence-corrected chi connectivity index (χ3v) is 4.83. The summed E-state index contributed by atoms with van der Waals surface area (Å²) in [6.07, 6.45) is 5.63. The van der Waals surface area contributed by atoms with Gasteiger partial charge in [0.05, 0.1) is 0 Å². The normalized spacial score (nSPS) is 40.2. The van der Waals surface area contributed by atoms with Crippen molar-refractivity contribution >= 4 is 0 Å². The molecule has 0 aromatic rings. The highest BCUT2D eigenvalue weighted by molar-refractivity contribution is 5.31. The Morgan fingerprint density at radius 1 is 0.867 bits per heavy atom. The van der Waals surface area contributed by atoms with Crippen LogP contribution in [0.25, 0.3) is 0 Å². The molecule has 0 fully saturated rings. The van der Waals surface area contributed by atoms with Crippen molar-refractivity contribution in [3.8, 4) is 0 Å². The second-order valence-corrected chi connectivity index (χ2v) is 6.57. The molecule has 3 unspecified atom stereocenters. The predicted octanol–water partition coefficient (Wildman–Crippen LogP) is 4.81. The lowest BCUT2D eigenvalue weighted by molar-refractivity contribution is 0.250. The van der Waals surface area contributed by atoms with E-state index in [4.69, 9.17) is 0 Å². The molecule has 86 valence electrons. The Bertz CT molecular complexity index is 276. The third kappa shape index (κ3) is 1.77. The zero-order valence-electron chi connectivity index (χ0n) is 11.1. The van der Waals surface area contributed by atoms with Crippen LogP contribution >= 0.6 is 0 Å². The van der Waals surface area contributed by atoms with Crippen molar-refractivity contribution in [2.24, 2.45) is 23.2 Å². The highest BCUT2D eigenvalue weighted by Gasteiger charge is 2.39. The first kappa shape index (κ1) is 11.2. The van der Waals surface area contributed by atoms with Gasteiger partial charge in [0.25, 0.3) is 0 Å².